The molecule has 1 heteroatoms. The van der Waals surface area contributed by atoms with Crippen LogP contribution >= 0.6 is 12.6 Å². The van der Waals surface area contributed by atoms with Crippen LogP contribution in [0.5, 0.6) is 0 Å². The maximum Gasteiger partial charge on any atom is 0.0149 e. The van der Waals surface area contributed by atoms with E-state index in [1.807, 2.05) is 0 Å². The van der Waals surface area contributed by atoms with E-state index in [9.17, 15) is 0 Å². The molecule has 0 amide bonds. The molecule has 0 aliphatic carbocycles. The van der Waals surface area contributed by atoms with Gasteiger partial charge in [0.05, 0.1) is 0 Å². The SMILES string of the molecule is CCC([S])CCC(C)C. The molecule has 0 spiro atoms. The summed E-state index contributed by atoms with van der Waals surface area (Å²) in [6.07, 6.45) is 3.67. The second-order valence-electron chi connectivity index (χ2n) is 3.00. The van der Waals surface area contributed by atoms with Crippen LogP contribution in [0.3, 0.4) is 0 Å². The van der Waals surface area contributed by atoms with Crippen molar-refractivity contribution in [2.24, 2.45) is 5.92 Å². The van der Waals surface area contributed by atoms with Crippen LogP contribution in [0.25, 0.3) is 0 Å². The Bertz CT molecular complexity index is 59.6. The normalized spacial score (nSPS) is 14.3. The summed E-state index contributed by atoms with van der Waals surface area (Å²) in [5.41, 5.74) is 0. The van der Waals surface area contributed by atoms with Crippen LogP contribution in [0.4, 0.5) is 0 Å². The van der Waals surface area contributed by atoms with Crippen molar-refractivity contribution in [2.45, 2.75) is 45.3 Å². The lowest BCUT2D eigenvalue weighted by molar-refractivity contribution is 0.542. The highest BCUT2D eigenvalue weighted by Gasteiger charge is 2.01. The zero-order chi connectivity index (χ0) is 7.28. The first-order valence-corrected chi connectivity index (χ1v) is 4.29. The van der Waals surface area contributed by atoms with Gasteiger partial charge in [-0.25, -0.2) is 0 Å². The first-order valence-electron chi connectivity index (χ1n) is 3.82. The van der Waals surface area contributed by atoms with Gasteiger partial charge in [0.2, 0.25) is 0 Å². The first-order chi connectivity index (χ1) is 4.16. The van der Waals surface area contributed by atoms with Gasteiger partial charge in [-0.05, 0) is 25.2 Å². The molecule has 0 saturated carbocycles. The fraction of sp³-hybridized carbons (Fsp3) is 1.00. The van der Waals surface area contributed by atoms with Crippen LogP contribution in [-0.4, -0.2) is 5.25 Å². The second kappa shape index (κ2) is 5.16. The number of hydrogen-bond acceptors (Lipinski definition) is 0. The Morgan fingerprint density at radius 1 is 1.22 bits per heavy atom. The monoisotopic (exact) mass is 145 g/mol. The van der Waals surface area contributed by atoms with E-state index < -0.39 is 0 Å². The van der Waals surface area contributed by atoms with Crippen molar-refractivity contribution in [1.82, 2.24) is 0 Å². The van der Waals surface area contributed by atoms with Crippen molar-refractivity contribution in [3.63, 3.8) is 0 Å². The average Bonchev–Trinajstić information content (AvgIpc) is 1.83. The summed E-state index contributed by atoms with van der Waals surface area (Å²) in [5, 5.41) is 0.521. The Labute approximate surface area is 64.4 Å². The van der Waals surface area contributed by atoms with Crippen LogP contribution < -0.4 is 0 Å². The van der Waals surface area contributed by atoms with Gasteiger partial charge in [0.15, 0.2) is 0 Å². The van der Waals surface area contributed by atoms with Crippen molar-refractivity contribution in [1.29, 1.82) is 0 Å². The molecule has 0 aromatic carbocycles. The molecule has 0 fully saturated rings. The molecule has 1 unspecified atom stereocenters. The second-order valence-corrected chi connectivity index (χ2v) is 3.67. The summed E-state index contributed by atoms with van der Waals surface area (Å²) < 4.78 is 0. The molecule has 0 rings (SSSR count). The standard InChI is InChI=1S/C8H17S/c1-4-8(9)6-5-7(2)3/h7-8H,4-6H2,1-3H3. The van der Waals surface area contributed by atoms with Gasteiger partial charge in [0, 0.05) is 5.25 Å². The molecule has 0 nitrogen and oxygen atoms in total. The minimum atomic E-state index is 0.521. The van der Waals surface area contributed by atoms with Crippen molar-refractivity contribution in [3.8, 4) is 0 Å². The lowest BCUT2D eigenvalue weighted by Crippen LogP contribution is -1.98. The van der Waals surface area contributed by atoms with Gasteiger partial charge < -0.3 is 0 Å². The maximum absolute atomic E-state index is 5.16. The minimum absolute atomic E-state index is 0.521. The Morgan fingerprint density at radius 3 is 2.11 bits per heavy atom. The Balaban J connectivity index is 3.06. The Kier molecular flexibility index (Phi) is 5.36. The number of rotatable bonds is 4. The molecule has 0 N–H and O–H groups in total. The highest BCUT2D eigenvalue weighted by Crippen LogP contribution is 2.12. The molecule has 0 bridgehead atoms. The van der Waals surface area contributed by atoms with E-state index in [4.69, 9.17) is 12.6 Å². The van der Waals surface area contributed by atoms with Crippen molar-refractivity contribution < 1.29 is 0 Å². The molecule has 0 heterocycles. The molecule has 0 saturated heterocycles. The van der Waals surface area contributed by atoms with Crippen LogP contribution in [0.1, 0.15) is 40.0 Å². The van der Waals surface area contributed by atoms with Crippen LogP contribution in [-0.2, 0) is 0 Å². The van der Waals surface area contributed by atoms with Crippen molar-refractivity contribution >= 4 is 12.6 Å². The van der Waals surface area contributed by atoms with E-state index in [1.165, 1.54) is 12.8 Å². The quantitative estimate of drug-likeness (QED) is 0.569. The molecule has 0 aliphatic rings. The minimum Gasteiger partial charge on any atom is -0.0905 e. The fourth-order valence-electron chi connectivity index (χ4n) is 0.723. The highest BCUT2D eigenvalue weighted by atomic mass is 32.1. The summed E-state index contributed by atoms with van der Waals surface area (Å²) in [4.78, 5) is 0. The first kappa shape index (κ1) is 9.35. The third-order valence-corrected chi connectivity index (χ3v) is 2.09. The molecule has 55 valence electrons. The topological polar surface area (TPSA) is 0 Å². The molecule has 0 aromatic heterocycles. The third-order valence-electron chi connectivity index (χ3n) is 1.52. The lowest BCUT2D eigenvalue weighted by atomic mass is 10.1. The van der Waals surface area contributed by atoms with E-state index in [0.717, 1.165) is 12.3 Å². The summed E-state index contributed by atoms with van der Waals surface area (Å²) in [6, 6.07) is 0. The molecule has 1 radical (unpaired) electrons. The smallest absolute Gasteiger partial charge is 0.0149 e. The lowest BCUT2D eigenvalue weighted by Gasteiger charge is -2.07. The predicted octanol–water partition coefficient (Wildman–Crippen LogP) is 3.40. The van der Waals surface area contributed by atoms with Crippen LogP contribution in [0, 0.1) is 5.92 Å². The summed E-state index contributed by atoms with van der Waals surface area (Å²) in [6.45, 7) is 6.66. The maximum atomic E-state index is 5.16. The van der Waals surface area contributed by atoms with Crippen molar-refractivity contribution in [3.05, 3.63) is 0 Å². The average molecular weight is 145 g/mol. The van der Waals surface area contributed by atoms with E-state index in [-0.39, 0.29) is 0 Å². The van der Waals surface area contributed by atoms with Gasteiger partial charge >= 0.3 is 0 Å². The third kappa shape index (κ3) is 6.23. The predicted molar refractivity (Wildman–Crippen MR) is 45.7 cm³/mol. The van der Waals surface area contributed by atoms with Gasteiger partial charge in [0.1, 0.15) is 0 Å². The summed E-state index contributed by atoms with van der Waals surface area (Å²) in [5.74, 6) is 0.821. The van der Waals surface area contributed by atoms with Gasteiger partial charge in [-0.3, -0.25) is 0 Å². The highest BCUT2D eigenvalue weighted by molar-refractivity contribution is 7.80. The van der Waals surface area contributed by atoms with E-state index >= 15 is 0 Å². The molecule has 0 aromatic rings. The fourth-order valence-corrected chi connectivity index (χ4v) is 0.859. The molecule has 0 aliphatic heterocycles. The van der Waals surface area contributed by atoms with Crippen molar-refractivity contribution in [2.75, 3.05) is 0 Å². The van der Waals surface area contributed by atoms with Gasteiger partial charge in [-0.15, -0.1) is 0 Å². The van der Waals surface area contributed by atoms with E-state index in [2.05, 4.69) is 20.8 Å². The Morgan fingerprint density at radius 2 is 1.78 bits per heavy atom. The Hall–Kier alpha value is 0.350. The molecular formula is C8H17S. The van der Waals surface area contributed by atoms with E-state index in [1.54, 1.807) is 0 Å². The van der Waals surface area contributed by atoms with Gasteiger partial charge in [-0.1, -0.05) is 33.4 Å². The van der Waals surface area contributed by atoms with Gasteiger partial charge in [0.25, 0.3) is 0 Å². The molecular weight excluding hydrogens is 128 g/mol. The summed E-state index contributed by atoms with van der Waals surface area (Å²) >= 11 is 5.16. The van der Waals surface area contributed by atoms with E-state index in [0.29, 0.717) is 5.25 Å². The van der Waals surface area contributed by atoms with Crippen LogP contribution in [0.15, 0.2) is 0 Å². The summed E-state index contributed by atoms with van der Waals surface area (Å²) in [7, 11) is 0. The zero-order valence-electron chi connectivity index (χ0n) is 6.68. The molecule has 1 atom stereocenters. The van der Waals surface area contributed by atoms with Gasteiger partial charge in [-0.2, -0.15) is 0 Å². The number of hydrogen-bond donors (Lipinski definition) is 0. The van der Waals surface area contributed by atoms with Crippen LogP contribution in [0.2, 0.25) is 0 Å². The largest absolute Gasteiger partial charge is 0.0905 e. The zero-order valence-corrected chi connectivity index (χ0v) is 7.50. The molecule has 9 heavy (non-hydrogen) atoms.